The van der Waals surface area contributed by atoms with Crippen LogP contribution in [0.3, 0.4) is 0 Å². The van der Waals surface area contributed by atoms with Crippen LogP contribution in [0.1, 0.15) is 9.75 Å². The molecular formula is C8H2Br2S. The zero-order valence-corrected chi connectivity index (χ0v) is 9.31. The molecule has 11 heavy (non-hydrogen) atoms. The standard InChI is InChI=1S/C8H2Br2S/c1-3-5-7(9)8(10)6(4-2)11-5/h1-2H. The molecule has 0 nitrogen and oxygen atoms in total. The van der Waals surface area contributed by atoms with Crippen LogP contribution in [0.4, 0.5) is 0 Å². The first-order valence-corrected chi connectivity index (χ1v) is 5.02. The van der Waals surface area contributed by atoms with Crippen molar-refractivity contribution in [3.63, 3.8) is 0 Å². The molecule has 54 valence electrons. The van der Waals surface area contributed by atoms with E-state index in [0.717, 1.165) is 18.7 Å². The summed E-state index contributed by atoms with van der Waals surface area (Å²) in [5.74, 6) is 5.07. The highest BCUT2D eigenvalue weighted by atomic mass is 79.9. The number of terminal acetylenes is 2. The summed E-state index contributed by atoms with van der Waals surface area (Å²) in [6.45, 7) is 0. The fourth-order valence-corrected chi connectivity index (χ4v) is 2.66. The highest BCUT2D eigenvalue weighted by Crippen LogP contribution is 2.36. The molecule has 1 rings (SSSR count). The Kier molecular flexibility index (Phi) is 2.78. The van der Waals surface area contributed by atoms with Crippen molar-refractivity contribution in [1.29, 1.82) is 0 Å². The summed E-state index contributed by atoms with van der Waals surface area (Å²) in [7, 11) is 0. The van der Waals surface area contributed by atoms with Gasteiger partial charge >= 0.3 is 0 Å². The minimum absolute atomic E-state index is 0.824. The van der Waals surface area contributed by atoms with E-state index in [9.17, 15) is 0 Å². The molecule has 0 atom stereocenters. The van der Waals surface area contributed by atoms with Gasteiger partial charge in [-0.2, -0.15) is 0 Å². The van der Waals surface area contributed by atoms with Crippen molar-refractivity contribution in [2.75, 3.05) is 0 Å². The SMILES string of the molecule is C#Cc1sc(C#C)c(Br)c1Br. The van der Waals surface area contributed by atoms with Crippen molar-refractivity contribution in [1.82, 2.24) is 0 Å². The largest absolute Gasteiger partial charge is 0.116 e. The smallest absolute Gasteiger partial charge is 0.0932 e. The lowest BCUT2D eigenvalue weighted by molar-refractivity contribution is 1.71. The Bertz CT molecular complexity index is 328. The van der Waals surface area contributed by atoms with Gasteiger partial charge in [0.15, 0.2) is 0 Å². The van der Waals surface area contributed by atoms with Crippen LogP contribution in [0.15, 0.2) is 8.95 Å². The summed E-state index contributed by atoms with van der Waals surface area (Å²) in [5.41, 5.74) is 0. The minimum atomic E-state index is 0.824. The summed E-state index contributed by atoms with van der Waals surface area (Å²) in [6.07, 6.45) is 10.5. The molecule has 3 heteroatoms. The third-order valence-corrected chi connectivity index (χ3v) is 4.75. The number of thiophene rings is 1. The number of rotatable bonds is 0. The Labute approximate surface area is 86.3 Å². The van der Waals surface area contributed by atoms with E-state index >= 15 is 0 Å². The molecular weight excluding hydrogens is 288 g/mol. The van der Waals surface area contributed by atoms with Crippen LogP contribution >= 0.6 is 43.2 Å². The van der Waals surface area contributed by atoms with Crippen LogP contribution in [-0.2, 0) is 0 Å². The van der Waals surface area contributed by atoms with Crippen molar-refractivity contribution in [2.24, 2.45) is 0 Å². The Morgan fingerprint density at radius 1 is 1.00 bits per heavy atom. The van der Waals surface area contributed by atoms with Crippen LogP contribution in [0.25, 0.3) is 0 Å². The van der Waals surface area contributed by atoms with E-state index in [2.05, 4.69) is 43.7 Å². The first-order chi connectivity index (χ1) is 5.20. The van der Waals surface area contributed by atoms with Crippen LogP contribution < -0.4 is 0 Å². The number of hydrogen-bond donors (Lipinski definition) is 0. The van der Waals surface area contributed by atoms with E-state index in [1.54, 1.807) is 0 Å². The topological polar surface area (TPSA) is 0 Å². The second kappa shape index (κ2) is 3.45. The lowest BCUT2D eigenvalue weighted by atomic mass is 10.4. The molecule has 0 fully saturated rings. The maximum absolute atomic E-state index is 5.23. The Morgan fingerprint density at radius 2 is 1.36 bits per heavy atom. The van der Waals surface area contributed by atoms with Gasteiger partial charge in [0, 0.05) is 0 Å². The average molecular weight is 290 g/mol. The van der Waals surface area contributed by atoms with E-state index in [1.807, 2.05) is 0 Å². The normalized spacial score (nSPS) is 8.73. The molecule has 0 saturated carbocycles. The first kappa shape index (κ1) is 8.87. The molecule has 0 unspecified atom stereocenters. The Hall–Kier alpha value is -0.220. The second-order valence-electron chi connectivity index (χ2n) is 1.68. The van der Waals surface area contributed by atoms with Gasteiger partial charge in [-0.1, -0.05) is 11.8 Å². The number of halogens is 2. The van der Waals surface area contributed by atoms with Gasteiger partial charge < -0.3 is 0 Å². The summed E-state index contributed by atoms with van der Waals surface area (Å²) in [5, 5.41) is 0. The fourth-order valence-electron chi connectivity index (χ4n) is 0.577. The van der Waals surface area contributed by atoms with Gasteiger partial charge in [0.1, 0.15) is 0 Å². The van der Waals surface area contributed by atoms with Crippen LogP contribution in [-0.4, -0.2) is 0 Å². The van der Waals surface area contributed by atoms with E-state index in [1.165, 1.54) is 11.3 Å². The Morgan fingerprint density at radius 3 is 1.55 bits per heavy atom. The van der Waals surface area contributed by atoms with Gasteiger partial charge in [-0.25, -0.2) is 0 Å². The molecule has 1 aromatic rings. The quantitative estimate of drug-likeness (QED) is 0.643. The van der Waals surface area contributed by atoms with Gasteiger partial charge in [0.2, 0.25) is 0 Å². The van der Waals surface area contributed by atoms with Crippen molar-refractivity contribution in [3.05, 3.63) is 18.7 Å². The molecule has 0 aliphatic carbocycles. The molecule has 0 N–H and O–H groups in total. The Balaban J connectivity index is 3.40. The van der Waals surface area contributed by atoms with E-state index in [4.69, 9.17) is 12.8 Å². The summed E-state index contributed by atoms with van der Waals surface area (Å²) < 4.78 is 1.75. The summed E-state index contributed by atoms with van der Waals surface area (Å²) in [6, 6.07) is 0. The first-order valence-electron chi connectivity index (χ1n) is 2.61. The van der Waals surface area contributed by atoms with E-state index < -0.39 is 0 Å². The molecule has 1 heterocycles. The molecule has 1 aromatic heterocycles. The molecule has 0 aliphatic heterocycles. The molecule has 0 radical (unpaired) electrons. The van der Waals surface area contributed by atoms with Crippen molar-refractivity contribution >= 4 is 43.2 Å². The summed E-state index contributed by atoms with van der Waals surface area (Å²) >= 11 is 8.08. The predicted octanol–water partition coefficient (Wildman–Crippen LogP) is 3.24. The molecule has 0 aromatic carbocycles. The lowest BCUT2D eigenvalue weighted by Gasteiger charge is -1.83. The molecule has 0 amide bonds. The second-order valence-corrected chi connectivity index (χ2v) is 4.28. The zero-order chi connectivity index (χ0) is 8.43. The maximum atomic E-state index is 5.23. The highest BCUT2D eigenvalue weighted by Gasteiger charge is 2.10. The molecule has 0 saturated heterocycles. The maximum Gasteiger partial charge on any atom is 0.0932 e. The van der Waals surface area contributed by atoms with Gasteiger partial charge in [0.05, 0.1) is 18.7 Å². The van der Waals surface area contributed by atoms with Crippen LogP contribution in [0.5, 0.6) is 0 Å². The van der Waals surface area contributed by atoms with Gasteiger partial charge in [-0.05, 0) is 31.9 Å². The van der Waals surface area contributed by atoms with Crippen LogP contribution in [0, 0.1) is 24.7 Å². The van der Waals surface area contributed by atoms with Crippen LogP contribution in [0.2, 0.25) is 0 Å². The number of hydrogen-bond acceptors (Lipinski definition) is 1. The van der Waals surface area contributed by atoms with E-state index in [-0.39, 0.29) is 0 Å². The lowest BCUT2D eigenvalue weighted by Crippen LogP contribution is -1.64. The minimum Gasteiger partial charge on any atom is -0.116 e. The molecule has 0 aliphatic rings. The van der Waals surface area contributed by atoms with Gasteiger partial charge in [-0.3, -0.25) is 0 Å². The fraction of sp³-hybridized carbons (Fsp3) is 0. The predicted molar refractivity (Wildman–Crippen MR) is 55.6 cm³/mol. The summed E-state index contributed by atoms with van der Waals surface area (Å²) in [4.78, 5) is 1.65. The zero-order valence-electron chi connectivity index (χ0n) is 5.32. The monoisotopic (exact) mass is 288 g/mol. The third-order valence-electron chi connectivity index (χ3n) is 1.06. The molecule has 0 bridgehead atoms. The average Bonchev–Trinajstić information content (AvgIpc) is 2.30. The highest BCUT2D eigenvalue weighted by molar-refractivity contribution is 9.13. The van der Waals surface area contributed by atoms with Gasteiger partial charge in [0.25, 0.3) is 0 Å². The van der Waals surface area contributed by atoms with E-state index in [0.29, 0.717) is 0 Å². The third kappa shape index (κ3) is 1.51. The van der Waals surface area contributed by atoms with Crippen molar-refractivity contribution in [3.8, 4) is 24.7 Å². The molecule has 0 spiro atoms. The van der Waals surface area contributed by atoms with Crippen molar-refractivity contribution in [2.45, 2.75) is 0 Å². The van der Waals surface area contributed by atoms with Crippen molar-refractivity contribution < 1.29 is 0 Å². The van der Waals surface area contributed by atoms with Gasteiger partial charge in [-0.15, -0.1) is 24.2 Å².